The Morgan fingerprint density at radius 1 is 1.13 bits per heavy atom. The first kappa shape index (κ1) is 22.6. The number of ether oxygens (including phenoxy) is 2. The molecule has 1 saturated heterocycles. The highest BCUT2D eigenvalue weighted by atomic mass is 19.4. The van der Waals surface area contributed by atoms with Crippen LogP contribution in [0.4, 0.5) is 17.6 Å². The molecule has 0 saturated carbocycles. The molecule has 5 nitrogen and oxygen atoms in total. The number of hydrogen-bond acceptors (Lipinski definition) is 4. The van der Waals surface area contributed by atoms with Gasteiger partial charge in [-0.15, -0.1) is 0 Å². The van der Waals surface area contributed by atoms with Gasteiger partial charge in [-0.05, 0) is 43.3 Å². The number of likely N-dealkylation sites (tertiary alicyclic amines) is 1. The summed E-state index contributed by atoms with van der Waals surface area (Å²) in [5.74, 6) is -1.07. The summed E-state index contributed by atoms with van der Waals surface area (Å²) in [6.45, 7) is 2.83. The van der Waals surface area contributed by atoms with Crippen LogP contribution in [-0.4, -0.2) is 42.9 Å². The summed E-state index contributed by atoms with van der Waals surface area (Å²) in [7, 11) is 0. The van der Waals surface area contributed by atoms with Crippen molar-refractivity contribution in [2.75, 3.05) is 19.7 Å². The number of halogens is 4. The maximum absolute atomic E-state index is 13.8. The Kier molecular flexibility index (Phi) is 6.82. The first-order chi connectivity index (χ1) is 14.7. The number of carbonyl (C=O) groups excluding carboxylic acids is 2. The molecule has 1 fully saturated rings. The summed E-state index contributed by atoms with van der Waals surface area (Å²) in [5.41, 5.74) is -1.07. The molecule has 0 aromatic heterocycles. The Hall–Kier alpha value is -3.10. The van der Waals surface area contributed by atoms with Crippen molar-refractivity contribution in [1.29, 1.82) is 0 Å². The molecule has 1 heterocycles. The van der Waals surface area contributed by atoms with Gasteiger partial charge in [0.1, 0.15) is 18.2 Å². The van der Waals surface area contributed by atoms with Gasteiger partial charge in [-0.25, -0.2) is 4.39 Å². The van der Waals surface area contributed by atoms with Crippen LogP contribution in [0.5, 0.6) is 11.5 Å². The fraction of sp³-hybridized carbons (Fsp3) is 0.364. The van der Waals surface area contributed by atoms with Crippen molar-refractivity contribution in [3.05, 3.63) is 58.9 Å². The first-order valence-corrected chi connectivity index (χ1v) is 9.77. The third-order valence-corrected chi connectivity index (χ3v) is 4.95. The van der Waals surface area contributed by atoms with Crippen LogP contribution in [0.25, 0.3) is 0 Å². The van der Waals surface area contributed by atoms with E-state index in [4.69, 9.17) is 9.47 Å². The number of nitrogens with zero attached hydrogens (tertiary/aromatic N) is 1. The number of alkyl halides is 3. The van der Waals surface area contributed by atoms with E-state index in [0.29, 0.717) is 68.0 Å². The lowest BCUT2D eigenvalue weighted by atomic mass is 10.0. The van der Waals surface area contributed by atoms with Gasteiger partial charge in [-0.2, -0.15) is 13.2 Å². The Labute approximate surface area is 176 Å². The highest BCUT2D eigenvalue weighted by Crippen LogP contribution is 2.33. The standard InChI is InChI=1S/C22H21F4NO4/c1-2-30-20-11-14(13-28)3-6-19(20)31-16-7-9-27(10-8-16)21(29)15-4-5-17(18(23)12-15)22(24,25)26/h3-6,11-13,16H,2,7-10H2,1H3. The number of piperidine rings is 1. The van der Waals surface area contributed by atoms with E-state index in [9.17, 15) is 27.2 Å². The van der Waals surface area contributed by atoms with E-state index < -0.39 is 23.5 Å². The monoisotopic (exact) mass is 439 g/mol. The van der Waals surface area contributed by atoms with Crippen molar-refractivity contribution in [3.63, 3.8) is 0 Å². The quantitative estimate of drug-likeness (QED) is 0.482. The van der Waals surface area contributed by atoms with E-state index in [1.165, 1.54) is 4.90 Å². The second-order valence-electron chi connectivity index (χ2n) is 7.06. The lowest BCUT2D eigenvalue weighted by Gasteiger charge is -2.32. The molecular weight excluding hydrogens is 418 g/mol. The van der Waals surface area contributed by atoms with Crippen molar-refractivity contribution in [3.8, 4) is 11.5 Å². The molecule has 1 aliphatic rings. The van der Waals surface area contributed by atoms with E-state index in [-0.39, 0.29) is 11.7 Å². The van der Waals surface area contributed by atoms with E-state index in [1.54, 1.807) is 18.2 Å². The first-order valence-electron chi connectivity index (χ1n) is 9.77. The van der Waals surface area contributed by atoms with Gasteiger partial charge in [0.25, 0.3) is 5.91 Å². The summed E-state index contributed by atoms with van der Waals surface area (Å²) < 4.78 is 63.4. The van der Waals surface area contributed by atoms with Gasteiger partial charge in [0, 0.05) is 37.1 Å². The minimum atomic E-state index is -4.81. The Bertz CT molecular complexity index is 953. The lowest BCUT2D eigenvalue weighted by molar-refractivity contribution is -0.140. The molecule has 0 spiro atoms. The molecule has 2 aromatic rings. The van der Waals surface area contributed by atoms with E-state index in [0.717, 1.165) is 6.07 Å². The predicted octanol–water partition coefficient (Wildman–Crippen LogP) is 4.74. The summed E-state index contributed by atoms with van der Waals surface area (Å²) in [4.78, 5) is 25.0. The van der Waals surface area contributed by atoms with Crippen LogP contribution in [0.3, 0.4) is 0 Å². The van der Waals surface area contributed by atoms with E-state index >= 15 is 0 Å². The molecule has 0 radical (unpaired) electrons. The van der Waals surface area contributed by atoms with Crippen LogP contribution in [-0.2, 0) is 6.18 Å². The maximum Gasteiger partial charge on any atom is 0.419 e. The number of carbonyl (C=O) groups is 2. The molecule has 1 amide bonds. The molecule has 1 aliphatic heterocycles. The Morgan fingerprint density at radius 3 is 2.42 bits per heavy atom. The average molecular weight is 439 g/mol. The van der Waals surface area contributed by atoms with Crippen LogP contribution in [0.1, 0.15) is 46.0 Å². The maximum atomic E-state index is 13.8. The summed E-state index contributed by atoms with van der Waals surface area (Å²) in [6, 6.07) is 7.04. The zero-order chi connectivity index (χ0) is 22.6. The van der Waals surface area contributed by atoms with Gasteiger partial charge in [0.15, 0.2) is 11.5 Å². The molecule has 0 atom stereocenters. The number of amides is 1. The topological polar surface area (TPSA) is 55.8 Å². The van der Waals surface area contributed by atoms with Crippen LogP contribution in [0.2, 0.25) is 0 Å². The molecule has 31 heavy (non-hydrogen) atoms. The van der Waals surface area contributed by atoms with Crippen molar-refractivity contribution in [1.82, 2.24) is 4.90 Å². The van der Waals surface area contributed by atoms with Gasteiger partial charge in [0.2, 0.25) is 0 Å². The highest BCUT2D eigenvalue weighted by Gasteiger charge is 2.34. The van der Waals surface area contributed by atoms with E-state index in [1.807, 2.05) is 6.92 Å². The van der Waals surface area contributed by atoms with Gasteiger partial charge in [0.05, 0.1) is 12.2 Å². The molecule has 2 aromatic carbocycles. The van der Waals surface area contributed by atoms with Crippen molar-refractivity contribution in [2.45, 2.75) is 32.0 Å². The van der Waals surface area contributed by atoms with E-state index in [2.05, 4.69) is 0 Å². The summed E-state index contributed by atoms with van der Waals surface area (Å²) >= 11 is 0. The third-order valence-electron chi connectivity index (χ3n) is 4.95. The van der Waals surface area contributed by atoms with Crippen molar-refractivity contribution in [2.24, 2.45) is 0 Å². The Morgan fingerprint density at radius 2 is 1.84 bits per heavy atom. The highest BCUT2D eigenvalue weighted by molar-refractivity contribution is 5.94. The number of hydrogen-bond donors (Lipinski definition) is 0. The smallest absolute Gasteiger partial charge is 0.419 e. The van der Waals surface area contributed by atoms with Gasteiger partial charge in [-0.3, -0.25) is 9.59 Å². The molecule has 0 aliphatic carbocycles. The second-order valence-corrected chi connectivity index (χ2v) is 7.06. The SMILES string of the molecule is CCOc1cc(C=O)ccc1OC1CCN(C(=O)c2ccc(C(F)(F)F)c(F)c2)CC1. The Balaban J connectivity index is 1.63. The molecule has 9 heteroatoms. The number of aldehydes is 1. The predicted molar refractivity (Wildman–Crippen MR) is 104 cm³/mol. The van der Waals surface area contributed by atoms with Crippen LogP contribution in [0, 0.1) is 5.82 Å². The molecule has 0 unspecified atom stereocenters. The number of benzene rings is 2. The fourth-order valence-electron chi connectivity index (χ4n) is 3.38. The number of rotatable bonds is 6. The van der Waals surface area contributed by atoms with Crippen molar-refractivity contribution >= 4 is 12.2 Å². The summed E-state index contributed by atoms with van der Waals surface area (Å²) in [6.07, 6.45) is -3.35. The molecular formula is C22H21F4NO4. The van der Waals surface area contributed by atoms with Crippen LogP contribution in [0.15, 0.2) is 36.4 Å². The van der Waals surface area contributed by atoms with Gasteiger partial charge < -0.3 is 14.4 Å². The lowest BCUT2D eigenvalue weighted by Crippen LogP contribution is -2.41. The molecule has 0 bridgehead atoms. The molecule has 166 valence electrons. The average Bonchev–Trinajstić information content (AvgIpc) is 2.74. The van der Waals surface area contributed by atoms with Gasteiger partial charge in [-0.1, -0.05) is 0 Å². The van der Waals surface area contributed by atoms with Crippen molar-refractivity contribution < 1.29 is 36.6 Å². The van der Waals surface area contributed by atoms with Crippen LogP contribution >= 0.6 is 0 Å². The molecule has 3 rings (SSSR count). The molecule has 0 N–H and O–H groups in total. The van der Waals surface area contributed by atoms with Crippen LogP contribution < -0.4 is 9.47 Å². The largest absolute Gasteiger partial charge is 0.490 e. The fourth-order valence-corrected chi connectivity index (χ4v) is 3.38. The zero-order valence-electron chi connectivity index (χ0n) is 16.7. The third kappa shape index (κ3) is 5.34. The minimum absolute atomic E-state index is 0.132. The second kappa shape index (κ2) is 9.36. The normalized spacial score (nSPS) is 14.9. The zero-order valence-corrected chi connectivity index (χ0v) is 16.7. The minimum Gasteiger partial charge on any atom is -0.490 e. The summed E-state index contributed by atoms with van der Waals surface area (Å²) in [5, 5.41) is 0. The van der Waals surface area contributed by atoms with Gasteiger partial charge >= 0.3 is 6.18 Å².